The third-order valence-corrected chi connectivity index (χ3v) is 7.03. The first-order chi connectivity index (χ1) is 10.2. The number of carbonyl (C=O) groups excluding carboxylic acids is 1. The highest BCUT2D eigenvalue weighted by atomic mass is 32.2. The molecular formula is C16H30N2O3S. The average Bonchev–Trinajstić information content (AvgIpc) is 2.64. The van der Waals surface area contributed by atoms with Crippen molar-refractivity contribution in [3.63, 3.8) is 0 Å². The third-order valence-electron chi connectivity index (χ3n) is 4.81. The largest absolute Gasteiger partial charge is 0.342 e. The number of fused-ring (bicyclic) bond motifs is 1. The molecule has 128 valence electrons. The van der Waals surface area contributed by atoms with E-state index in [2.05, 4.69) is 18.7 Å². The Morgan fingerprint density at radius 3 is 2.32 bits per heavy atom. The molecule has 0 radical (unpaired) electrons. The minimum Gasteiger partial charge on any atom is -0.342 e. The monoisotopic (exact) mass is 330 g/mol. The van der Waals surface area contributed by atoms with E-state index in [1.807, 2.05) is 18.7 Å². The van der Waals surface area contributed by atoms with Crippen LogP contribution in [0.4, 0.5) is 0 Å². The molecule has 0 spiro atoms. The zero-order chi connectivity index (χ0) is 16.5. The quantitative estimate of drug-likeness (QED) is 0.785. The van der Waals surface area contributed by atoms with E-state index in [1.165, 1.54) is 0 Å². The molecule has 0 aliphatic carbocycles. The fraction of sp³-hybridized carbons (Fsp3) is 0.938. The van der Waals surface area contributed by atoms with Gasteiger partial charge in [0.05, 0.1) is 11.0 Å². The highest BCUT2D eigenvalue weighted by Gasteiger charge is 2.43. The van der Waals surface area contributed by atoms with Gasteiger partial charge in [0.25, 0.3) is 0 Å². The van der Waals surface area contributed by atoms with Crippen molar-refractivity contribution in [1.82, 2.24) is 9.80 Å². The van der Waals surface area contributed by atoms with Crippen LogP contribution < -0.4 is 0 Å². The lowest BCUT2D eigenvalue weighted by molar-refractivity contribution is -0.134. The van der Waals surface area contributed by atoms with E-state index in [9.17, 15) is 13.2 Å². The summed E-state index contributed by atoms with van der Waals surface area (Å²) in [5, 5.41) is -0.301. The van der Waals surface area contributed by atoms with Crippen molar-refractivity contribution in [2.75, 3.05) is 31.9 Å². The maximum atomic E-state index is 12.5. The molecular weight excluding hydrogens is 300 g/mol. The standard InChI is InChI=1S/C16H30N2O3S/c1-12(2)11-18-9-10-22(20,21)15-6-8-17(7-5-14(15)18)16(19)13(3)4/h12-15H,5-11H2,1-4H3/t14-,15+/m0/s1. The summed E-state index contributed by atoms with van der Waals surface area (Å²) in [5.74, 6) is 0.909. The van der Waals surface area contributed by atoms with Gasteiger partial charge in [-0.3, -0.25) is 9.69 Å². The van der Waals surface area contributed by atoms with E-state index >= 15 is 0 Å². The van der Waals surface area contributed by atoms with Crippen LogP contribution in [-0.2, 0) is 14.6 Å². The molecule has 2 saturated heterocycles. The lowest BCUT2D eigenvalue weighted by Crippen LogP contribution is -2.55. The fourth-order valence-corrected chi connectivity index (χ4v) is 5.78. The number of rotatable bonds is 3. The summed E-state index contributed by atoms with van der Waals surface area (Å²) in [7, 11) is -3.02. The van der Waals surface area contributed by atoms with Gasteiger partial charge in [-0.1, -0.05) is 27.7 Å². The molecule has 5 nitrogen and oxygen atoms in total. The predicted molar refractivity (Wildman–Crippen MR) is 88.4 cm³/mol. The lowest BCUT2D eigenvalue weighted by Gasteiger charge is -2.40. The number of nitrogens with zero attached hydrogens (tertiary/aromatic N) is 2. The van der Waals surface area contributed by atoms with Crippen molar-refractivity contribution < 1.29 is 13.2 Å². The molecule has 0 aromatic rings. The Kier molecular flexibility index (Phi) is 5.54. The molecule has 2 fully saturated rings. The van der Waals surface area contributed by atoms with Crippen LogP contribution in [0.25, 0.3) is 0 Å². The van der Waals surface area contributed by atoms with Gasteiger partial charge in [0.2, 0.25) is 5.91 Å². The number of hydrogen-bond donors (Lipinski definition) is 0. The van der Waals surface area contributed by atoms with Crippen LogP contribution in [0.3, 0.4) is 0 Å². The van der Waals surface area contributed by atoms with Gasteiger partial charge in [0, 0.05) is 38.1 Å². The second kappa shape index (κ2) is 6.87. The van der Waals surface area contributed by atoms with E-state index in [1.54, 1.807) is 0 Å². The van der Waals surface area contributed by atoms with Crippen LogP contribution in [0.2, 0.25) is 0 Å². The van der Waals surface area contributed by atoms with Crippen molar-refractivity contribution in [1.29, 1.82) is 0 Å². The molecule has 2 aliphatic rings. The van der Waals surface area contributed by atoms with Crippen LogP contribution in [0, 0.1) is 11.8 Å². The Balaban J connectivity index is 2.17. The van der Waals surface area contributed by atoms with Crippen molar-refractivity contribution >= 4 is 15.7 Å². The molecule has 6 heteroatoms. The number of carbonyl (C=O) groups is 1. The van der Waals surface area contributed by atoms with Gasteiger partial charge < -0.3 is 4.90 Å². The molecule has 0 N–H and O–H groups in total. The van der Waals surface area contributed by atoms with Gasteiger partial charge in [-0.05, 0) is 18.8 Å². The molecule has 22 heavy (non-hydrogen) atoms. The highest BCUT2D eigenvalue weighted by Crippen LogP contribution is 2.29. The summed E-state index contributed by atoms with van der Waals surface area (Å²) in [4.78, 5) is 16.5. The van der Waals surface area contributed by atoms with E-state index in [0.29, 0.717) is 32.0 Å². The number of sulfone groups is 1. The Morgan fingerprint density at radius 2 is 1.73 bits per heavy atom. The summed E-state index contributed by atoms with van der Waals surface area (Å²) >= 11 is 0. The zero-order valence-corrected chi connectivity index (χ0v) is 15.1. The molecule has 0 saturated carbocycles. The minimum atomic E-state index is -3.02. The van der Waals surface area contributed by atoms with Gasteiger partial charge in [-0.2, -0.15) is 0 Å². The zero-order valence-electron chi connectivity index (χ0n) is 14.3. The summed E-state index contributed by atoms with van der Waals surface area (Å²) in [5.41, 5.74) is 0. The molecule has 0 aromatic carbocycles. The Hall–Kier alpha value is -0.620. The second-order valence-electron chi connectivity index (χ2n) is 7.42. The number of likely N-dealkylation sites (tertiary alicyclic amines) is 1. The maximum Gasteiger partial charge on any atom is 0.225 e. The van der Waals surface area contributed by atoms with Crippen molar-refractivity contribution in [2.24, 2.45) is 11.8 Å². The van der Waals surface area contributed by atoms with Crippen molar-refractivity contribution in [3.05, 3.63) is 0 Å². The second-order valence-corrected chi connectivity index (χ2v) is 9.76. The van der Waals surface area contributed by atoms with Crippen molar-refractivity contribution in [3.8, 4) is 0 Å². The van der Waals surface area contributed by atoms with E-state index < -0.39 is 9.84 Å². The normalized spacial score (nSPS) is 29.5. The molecule has 2 rings (SSSR count). The number of amides is 1. The Bertz CT molecular complexity index is 502. The van der Waals surface area contributed by atoms with Crippen LogP contribution in [0.1, 0.15) is 40.5 Å². The Morgan fingerprint density at radius 1 is 1.09 bits per heavy atom. The smallest absolute Gasteiger partial charge is 0.225 e. The van der Waals surface area contributed by atoms with E-state index in [-0.39, 0.29) is 28.9 Å². The van der Waals surface area contributed by atoms with Crippen LogP contribution in [0.5, 0.6) is 0 Å². The summed E-state index contributed by atoms with van der Waals surface area (Å²) in [6, 6.07) is 0.0751. The van der Waals surface area contributed by atoms with Gasteiger partial charge in [0.1, 0.15) is 0 Å². The molecule has 2 heterocycles. The van der Waals surface area contributed by atoms with Gasteiger partial charge in [0.15, 0.2) is 9.84 Å². The van der Waals surface area contributed by atoms with Crippen molar-refractivity contribution in [2.45, 2.75) is 51.8 Å². The molecule has 0 aromatic heterocycles. The summed E-state index contributed by atoms with van der Waals surface area (Å²) in [6.45, 7) is 11.0. The van der Waals surface area contributed by atoms with Crippen LogP contribution in [0.15, 0.2) is 0 Å². The molecule has 2 atom stereocenters. The van der Waals surface area contributed by atoms with E-state index in [0.717, 1.165) is 13.0 Å². The first-order valence-electron chi connectivity index (χ1n) is 8.46. The summed E-state index contributed by atoms with van der Waals surface area (Å²) < 4.78 is 25.0. The molecule has 0 bridgehead atoms. The molecule has 0 unspecified atom stereocenters. The highest BCUT2D eigenvalue weighted by molar-refractivity contribution is 7.92. The molecule has 2 aliphatic heterocycles. The summed E-state index contributed by atoms with van der Waals surface area (Å²) in [6.07, 6.45) is 1.36. The fourth-order valence-electron chi connectivity index (χ4n) is 3.74. The third kappa shape index (κ3) is 3.82. The topological polar surface area (TPSA) is 57.7 Å². The van der Waals surface area contributed by atoms with Gasteiger partial charge >= 0.3 is 0 Å². The lowest BCUT2D eigenvalue weighted by atomic mass is 10.0. The SMILES string of the molecule is CC(C)CN1CCS(=O)(=O)[C@@H]2CCN(C(=O)C(C)C)CC[C@@H]21. The minimum absolute atomic E-state index is 0.0245. The first-order valence-corrected chi connectivity index (χ1v) is 10.2. The van der Waals surface area contributed by atoms with E-state index in [4.69, 9.17) is 0 Å². The average molecular weight is 330 g/mol. The molecule has 1 amide bonds. The van der Waals surface area contributed by atoms with Gasteiger partial charge in [-0.25, -0.2) is 8.42 Å². The van der Waals surface area contributed by atoms with Crippen LogP contribution >= 0.6 is 0 Å². The van der Waals surface area contributed by atoms with Gasteiger partial charge in [-0.15, -0.1) is 0 Å². The maximum absolute atomic E-state index is 12.5. The first kappa shape index (κ1) is 17.7. The number of hydrogen-bond acceptors (Lipinski definition) is 4. The Labute approximate surface area is 135 Å². The predicted octanol–water partition coefficient (Wildman–Crippen LogP) is 1.39. The van der Waals surface area contributed by atoms with Crippen LogP contribution in [-0.4, -0.2) is 67.3 Å².